The third-order valence-corrected chi connectivity index (χ3v) is 4.27. The molecule has 0 aromatic carbocycles. The molecule has 0 aliphatic heterocycles. The zero-order chi connectivity index (χ0) is 15.7. The van der Waals surface area contributed by atoms with Gasteiger partial charge in [0.05, 0.1) is 18.4 Å². The molecule has 4 atom stereocenters. The highest BCUT2D eigenvalue weighted by atomic mass is 16.4. The maximum atomic E-state index is 12.7. The summed E-state index contributed by atoms with van der Waals surface area (Å²) in [5.41, 5.74) is 5.21. The number of amides is 2. The number of carboxylic acids is 1. The van der Waals surface area contributed by atoms with Crippen molar-refractivity contribution in [3.8, 4) is 0 Å². The summed E-state index contributed by atoms with van der Waals surface area (Å²) in [6.45, 7) is 4.14. The zero-order valence-corrected chi connectivity index (χ0v) is 12.4. The van der Waals surface area contributed by atoms with E-state index < -0.39 is 23.7 Å². The number of fused-ring (bicyclic) bond motifs is 2. The second kappa shape index (κ2) is 5.87. The molecule has 0 aromatic heterocycles. The minimum Gasteiger partial charge on any atom is -0.481 e. The van der Waals surface area contributed by atoms with E-state index in [2.05, 4.69) is 0 Å². The number of hydrogen-bond donors (Lipinski definition) is 2. The van der Waals surface area contributed by atoms with Gasteiger partial charge in [-0.05, 0) is 24.2 Å². The van der Waals surface area contributed by atoms with E-state index in [1.165, 1.54) is 4.90 Å². The van der Waals surface area contributed by atoms with Crippen LogP contribution < -0.4 is 5.73 Å². The lowest BCUT2D eigenvalue weighted by Gasteiger charge is -2.31. The molecule has 0 aromatic rings. The van der Waals surface area contributed by atoms with E-state index in [1.807, 2.05) is 26.0 Å². The Balaban J connectivity index is 2.20. The molecule has 2 bridgehead atoms. The highest BCUT2D eigenvalue weighted by Crippen LogP contribution is 2.48. The number of carbonyl (C=O) groups is 3. The highest BCUT2D eigenvalue weighted by molar-refractivity contribution is 5.89. The summed E-state index contributed by atoms with van der Waals surface area (Å²) < 4.78 is 0. The van der Waals surface area contributed by atoms with Gasteiger partial charge < -0.3 is 15.7 Å². The van der Waals surface area contributed by atoms with Crippen LogP contribution >= 0.6 is 0 Å². The van der Waals surface area contributed by atoms with Crippen molar-refractivity contribution in [1.82, 2.24) is 4.90 Å². The number of carboxylic acid groups (broad SMARTS) is 1. The molecule has 0 saturated heterocycles. The molecule has 2 rings (SSSR count). The van der Waals surface area contributed by atoms with Crippen molar-refractivity contribution in [2.24, 2.45) is 35.3 Å². The lowest BCUT2D eigenvalue weighted by atomic mass is 9.82. The van der Waals surface area contributed by atoms with Gasteiger partial charge >= 0.3 is 5.97 Å². The Morgan fingerprint density at radius 2 is 1.81 bits per heavy atom. The number of rotatable bonds is 6. The van der Waals surface area contributed by atoms with Crippen LogP contribution in [0.2, 0.25) is 0 Å². The van der Waals surface area contributed by atoms with E-state index in [-0.39, 0.29) is 30.2 Å². The Bertz CT molecular complexity index is 486. The minimum atomic E-state index is -0.936. The largest absolute Gasteiger partial charge is 0.481 e. The van der Waals surface area contributed by atoms with Crippen LogP contribution in [0.5, 0.6) is 0 Å². The Labute approximate surface area is 124 Å². The molecule has 2 amide bonds. The van der Waals surface area contributed by atoms with Crippen LogP contribution in [-0.4, -0.2) is 40.9 Å². The normalized spacial score (nSPS) is 29.9. The van der Waals surface area contributed by atoms with E-state index in [1.54, 1.807) is 0 Å². The summed E-state index contributed by atoms with van der Waals surface area (Å²) in [5, 5.41) is 9.40. The Morgan fingerprint density at radius 1 is 1.24 bits per heavy atom. The second-order valence-electron chi connectivity index (χ2n) is 6.42. The number of carbonyl (C=O) groups excluding carboxylic acids is 2. The maximum Gasteiger partial charge on any atom is 0.307 e. The van der Waals surface area contributed by atoms with Gasteiger partial charge in [-0.3, -0.25) is 14.4 Å². The van der Waals surface area contributed by atoms with Crippen LogP contribution in [0.25, 0.3) is 0 Å². The molecule has 6 heteroatoms. The minimum absolute atomic E-state index is 0.0360. The summed E-state index contributed by atoms with van der Waals surface area (Å²) in [4.78, 5) is 36.8. The first-order valence-corrected chi connectivity index (χ1v) is 7.29. The Hall–Kier alpha value is -1.85. The van der Waals surface area contributed by atoms with Crippen molar-refractivity contribution < 1.29 is 19.5 Å². The summed E-state index contributed by atoms with van der Waals surface area (Å²) in [6, 6.07) is 0. The van der Waals surface area contributed by atoms with Crippen molar-refractivity contribution in [3.05, 3.63) is 12.2 Å². The molecule has 1 fully saturated rings. The highest BCUT2D eigenvalue weighted by Gasteiger charge is 2.52. The molecule has 116 valence electrons. The number of nitrogens with two attached hydrogens (primary N) is 1. The van der Waals surface area contributed by atoms with Crippen LogP contribution in [-0.2, 0) is 14.4 Å². The number of aliphatic carboxylic acids is 1. The molecule has 0 spiro atoms. The molecule has 1 saturated carbocycles. The van der Waals surface area contributed by atoms with Crippen LogP contribution in [0.3, 0.4) is 0 Å². The van der Waals surface area contributed by atoms with Gasteiger partial charge in [0.1, 0.15) is 0 Å². The Morgan fingerprint density at radius 3 is 2.29 bits per heavy atom. The fraction of sp³-hybridized carbons (Fsp3) is 0.667. The fourth-order valence-corrected chi connectivity index (χ4v) is 3.57. The van der Waals surface area contributed by atoms with Crippen LogP contribution in [0, 0.1) is 29.6 Å². The molecular formula is C15H22N2O4. The molecule has 2 unspecified atom stereocenters. The molecule has 2 aliphatic rings. The van der Waals surface area contributed by atoms with Gasteiger partial charge in [0.2, 0.25) is 11.8 Å². The van der Waals surface area contributed by atoms with E-state index in [9.17, 15) is 19.5 Å². The molecule has 0 heterocycles. The Kier molecular flexibility index (Phi) is 4.34. The predicted octanol–water partition coefficient (Wildman–Crippen LogP) is 0.479. The average molecular weight is 294 g/mol. The van der Waals surface area contributed by atoms with Crippen molar-refractivity contribution in [1.29, 1.82) is 0 Å². The van der Waals surface area contributed by atoms with Crippen molar-refractivity contribution in [2.75, 3.05) is 13.1 Å². The summed E-state index contributed by atoms with van der Waals surface area (Å²) in [5.74, 6) is -2.95. The lowest BCUT2D eigenvalue weighted by Crippen LogP contribution is -2.47. The van der Waals surface area contributed by atoms with Gasteiger partial charge in [-0.2, -0.15) is 0 Å². The summed E-state index contributed by atoms with van der Waals surface area (Å²) in [7, 11) is 0. The van der Waals surface area contributed by atoms with Crippen LogP contribution in [0.1, 0.15) is 20.3 Å². The first-order valence-electron chi connectivity index (χ1n) is 7.29. The zero-order valence-electron chi connectivity index (χ0n) is 12.4. The topological polar surface area (TPSA) is 101 Å². The molecule has 21 heavy (non-hydrogen) atoms. The van der Waals surface area contributed by atoms with Crippen LogP contribution in [0.4, 0.5) is 0 Å². The second-order valence-corrected chi connectivity index (χ2v) is 6.42. The number of primary amides is 1. The quantitative estimate of drug-likeness (QED) is 0.696. The number of nitrogens with zero attached hydrogens (tertiary/aromatic N) is 1. The molecule has 6 nitrogen and oxygen atoms in total. The van der Waals surface area contributed by atoms with Crippen molar-refractivity contribution in [3.63, 3.8) is 0 Å². The smallest absolute Gasteiger partial charge is 0.307 e. The first kappa shape index (κ1) is 15.5. The van der Waals surface area contributed by atoms with Crippen molar-refractivity contribution >= 4 is 17.8 Å². The summed E-state index contributed by atoms with van der Waals surface area (Å²) >= 11 is 0. The van der Waals surface area contributed by atoms with Gasteiger partial charge in [-0.15, -0.1) is 0 Å². The molecular weight excluding hydrogens is 272 g/mol. The number of allylic oxidation sites excluding steroid dienone is 2. The fourth-order valence-electron chi connectivity index (χ4n) is 3.57. The van der Waals surface area contributed by atoms with Gasteiger partial charge in [-0.25, -0.2) is 0 Å². The number of hydrogen-bond acceptors (Lipinski definition) is 3. The third kappa shape index (κ3) is 3.09. The molecule has 2 aliphatic carbocycles. The van der Waals surface area contributed by atoms with Crippen molar-refractivity contribution in [2.45, 2.75) is 20.3 Å². The predicted molar refractivity (Wildman–Crippen MR) is 76.0 cm³/mol. The van der Waals surface area contributed by atoms with Gasteiger partial charge in [0.15, 0.2) is 0 Å². The molecule has 0 radical (unpaired) electrons. The summed E-state index contributed by atoms with van der Waals surface area (Å²) in [6.07, 6.45) is 4.54. The lowest BCUT2D eigenvalue weighted by molar-refractivity contribution is -0.151. The van der Waals surface area contributed by atoms with Gasteiger partial charge in [0, 0.05) is 6.54 Å². The SMILES string of the molecule is CC(C)CN(CC(N)=O)C(=O)[C@H]1C2C=CC(C2)[C@H]1C(=O)O. The van der Waals surface area contributed by atoms with E-state index in [0.29, 0.717) is 13.0 Å². The average Bonchev–Trinajstić information content (AvgIpc) is 2.95. The first-order chi connectivity index (χ1) is 9.81. The van der Waals surface area contributed by atoms with Crippen LogP contribution in [0.15, 0.2) is 12.2 Å². The molecule has 3 N–H and O–H groups in total. The maximum absolute atomic E-state index is 12.7. The monoisotopic (exact) mass is 294 g/mol. The van der Waals surface area contributed by atoms with E-state index >= 15 is 0 Å². The van der Waals surface area contributed by atoms with Gasteiger partial charge in [0.25, 0.3) is 0 Å². The standard InChI is InChI=1S/C15H22N2O4/c1-8(2)6-17(7-11(16)18)14(19)12-9-3-4-10(5-9)13(12)15(20)21/h3-4,8-10,12-13H,5-7H2,1-2H3,(H2,16,18)(H,20,21)/t9?,10?,12-,13+/m0/s1. The van der Waals surface area contributed by atoms with Gasteiger partial charge in [-0.1, -0.05) is 26.0 Å². The third-order valence-electron chi connectivity index (χ3n) is 4.27. The van der Waals surface area contributed by atoms with E-state index in [0.717, 1.165) is 0 Å². The van der Waals surface area contributed by atoms with E-state index in [4.69, 9.17) is 5.73 Å².